The first-order chi connectivity index (χ1) is 9.74. The van der Waals surface area contributed by atoms with Crippen molar-refractivity contribution in [2.45, 2.75) is 25.2 Å². The Morgan fingerprint density at radius 1 is 1.20 bits per heavy atom. The molecule has 0 atom stereocenters. The second-order valence-corrected chi connectivity index (χ2v) is 5.50. The summed E-state index contributed by atoms with van der Waals surface area (Å²) in [7, 11) is 0. The number of fused-ring (bicyclic) bond motifs is 1. The summed E-state index contributed by atoms with van der Waals surface area (Å²) in [6, 6.07) is 12.4. The molecule has 0 spiro atoms. The van der Waals surface area contributed by atoms with Crippen LogP contribution in [0.15, 0.2) is 36.4 Å². The van der Waals surface area contributed by atoms with Crippen LogP contribution in [0.5, 0.6) is 0 Å². The van der Waals surface area contributed by atoms with Crippen molar-refractivity contribution in [2.75, 3.05) is 13.1 Å². The molecule has 104 valence electrons. The zero-order valence-corrected chi connectivity index (χ0v) is 11.4. The molecule has 0 aliphatic carbocycles. The molecule has 1 aliphatic heterocycles. The van der Waals surface area contributed by atoms with Gasteiger partial charge in [-0.3, -0.25) is 4.79 Å². The minimum atomic E-state index is -0.767. The van der Waals surface area contributed by atoms with Gasteiger partial charge in [0.15, 0.2) is 0 Å². The van der Waals surface area contributed by atoms with Gasteiger partial charge in [-0.05, 0) is 53.7 Å². The van der Waals surface area contributed by atoms with Crippen LogP contribution in [0.4, 0.5) is 0 Å². The average Bonchev–Trinajstić information content (AvgIpc) is 2.47. The van der Waals surface area contributed by atoms with E-state index in [0.717, 1.165) is 36.9 Å². The van der Waals surface area contributed by atoms with E-state index in [9.17, 15) is 4.79 Å². The van der Waals surface area contributed by atoms with Gasteiger partial charge in [-0.25, -0.2) is 0 Å². The molecule has 1 fully saturated rings. The molecule has 0 unspecified atom stereocenters. The molecule has 2 N–H and O–H groups in total. The number of piperidine rings is 1. The molecule has 0 saturated carbocycles. The Morgan fingerprint density at radius 2 is 1.95 bits per heavy atom. The van der Waals surface area contributed by atoms with Gasteiger partial charge in [-0.2, -0.15) is 0 Å². The molecule has 1 heterocycles. The number of nitrogens with one attached hydrogen (secondary N) is 1. The SMILES string of the molecule is O=C(O)Cc1cc(C2CCNCC2)c2ccccc2c1. The minimum absolute atomic E-state index is 0.100. The molecule has 2 aromatic carbocycles. The summed E-state index contributed by atoms with van der Waals surface area (Å²) in [5.74, 6) is -0.230. The van der Waals surface area contributed by atoms with Crippen molar-refractivity contribution < 1.29 is 9.90 Å². The van der Waals surface area contributed by atoms with Gasteiger partial charge in [0.1, 0.15) is 0 Å². The third-order valence-corrected chi connectivity index (χ3v) is 4.09. The maximum atomic E-state index is 11.0. The molecule has 20 heavy (non-hydrogen) atoms. The molecule has 0 radical (unpaired) electrons. The Bertz CT molecular complexity index is 630. The third kappa shape index (κ3) is 2.68. The number of hydrogen-bond acceptors (Lipinski definition) is 2. The van der Waals surface area contributed by atoms with E-state index in [4.69, 9.17) is 5.11 Å². The molecule has 3 heteroatoms. The highest BCUT2D eigenvalue weighted by Crippen LogP contribution is 2.32. The van der Waals surface area contributed by atoms with Crippen LogP contribution in [0, 0.1) is 0 Å². The van der Waals surface area contributed by atoms with Crippen molar-refractivity contribution in [1.29, 1.82) is 0 Å². The molecular weight excluding hydrogens is 250 g/mol. The number of carboxylic acid groups (broad SMARTS) is 1. The summed E-state index contributed by atoms with van der Waals surface area (Å²) in [6.45, 7) is 2.09. The average molecular weight is 269 g/mol. The van der Waals surface area contributed by atoms with Crippen LogP contribution in [0.3, 0.4) is 0 Å². The standard InChI is InChI=1S/C17H19NO2/c19-17(20)11-12-9-14-3-1-2-4-15(14)16(10-12)13-5-7-18-8-6-13/h1-4,9-10,13,18H,5-8,11H2,(H,19,20). The first-order valence-corrected chi connectivity index (χ1v) is 7.18. The number of aliphatic carboxylic acids is 1. The summed E-state index contributed by atoms with van der Waals surface area (Å²) in [4.78, 5) is 11.0. The number of carbonyl (C=O) groups is 1. The van der Waals surface area contributed by atoms with E-state index in [1.54, 1.807) is 0 Å². The first-order valence-electron chi connectivity index (χ1n) is 7.18. The van der Waals surface area contributed by atoms with Crippen LogP contribution in [0.25, 0.3) is 10.8 Å². The Morgan fingerprint density at radius 3 is 2.70 bits per heavy atom. The number of hydrogen-bond donors (Lipinski definition) is 2. The van der Waals surface area contributed by atoms with Crippen molar-refractivity contribution in [1.82, 2.24) is 5.32 Å². The fourth-order valence-corrected chi connectivity index (χ4v) is 3.15. The van der Waals surface area contributed by atoms with E-state index in [0.29, 0.717) is 5.92 Å². The highest BCUT2D eigenvalue weighted by Gasteiger charge is 2.18. The number of rotatable bonds is 3. The van der Waals surface area contributed by atoms with Gasteiger partial charge in [0, 0.05) is 0 Å². The third-order valence-electron chi connectivity index (χ3n) is 4.09. The van der Waals surface area contributed by atoms with Crippen LogP contribution in [0.1, 0.15) is 29.9 Å². The second-order valence-electron chi connectivity index (χ2n) is 5.50. The van der Waals surface area contributed by atoms with Crippen LogP contribution in [-0.4, -0.2) is 24.2 Å². The van der Waals surface area contributed by atoms with Crippen LogP contribution >= 0.6 is 0 Å². The first kappa shape index (κ1) is 13.1. The quantitative estimate of drug-likeness (QED) is 0.900. The van der Waals surface area contributed by atoms with Crippen molar-refractivity contribution in [3.63, 3.8) is 0 Å². The van der Waals surface area contributed by atoms with E-state index in [1.807, 2.05) is 12.1 Å². The van der Waals surface area contributed by atoms with Gasteiger partial charge < -0.3 is 10.4 Å². The van der Waals surface area contributed by atoms with E-state index in [2.05, 4.69) is 29.6 Å². The van der Waals surface area contributed by atoms with Gasteiger partial charge in [-0.15, -0.1) is 0 Å². The zero-order chi connectivity index (χ0) is 13.9. The van der Waals surface area contributed by atoms with Crippen molar-refractivity contribution >= 4 is 16.7 Å². The lowest BCUT2D eigenvalue weighted by molar-refractivity contribution is -0.136. The summed E-state index contributed by atoms with van der Waals surface area (Å²) >= 11 is 0. The molecule has 0 amide bonds. The largest absolute Gasteiger partial charge is 0.481 e. The van der Waals surface area contributed by atoms with Crippen LogP contribution in [-0.2, 0) is 11.2 Å². The molecule has 2 aromatic rings. The monoisotopic (exact) mass is 269 g/mol. The second kappa shape index (κ2) is 5.63. The lowest BCUT2D eigenvalue weighted by atomic mass is 9.85. The molecular formula is C17H19NO2. The summed E-state index contributed by atoms with van der Waals surface area (Å²) in [5, 5.41) is 14.8. The van der Waals surface area contributed by atoms with E-state index < -0.39 is 5.97 Å². The predicted molar refractivity (Wildman–Crippen MR) is 80.1 cm³/mol. The van der Waals surface area contributed by atoms with Gasteiger partial charge in [0.25, 0.3) is 0 Å². The minimum Gasteiger partial charge on any atom is -0.481 e. The topological polar surface area (TPSA) is 49.3 Å². The Hall–Kier alpha value is -1.87. The van der Waals surface area contributed by atoms with Crippen LogP contribution < -0.4 is 5.32 Å². The number of carboxylic acids is 1. The highest BCUT2D eigenvalue weighted by molar-refractivity contribution is 5.88. The Balaban J connectivity index is 2.08. The fourth-order valence-electron chi connectivity index (χ4n) is 3.15. The molecule has 1 aliphatic rings. The lowest BCUT2D eigenvalue weighted by Crippen LogP contribution is -2.26. The normalized spacial score (nSPS) is 16.4. The van der Waals surface area contributed by atoms with Crippen molar-refractivity contribution in [2.24, 2.45) is 0 Å². The Kier molecular flexibility index (Phi) is 3.70. The Labute approximate surface area is 118 Å². The summed E-state index contributed by atoms with van der Waals surface area (Å²) in [5.41, 5.74) is 2.23. The zero-order valence-electron chi connectivity index (χ0n) is 11.4. The smallest absolute Gasteiger partial charge is 0.307 e. The maximum Gasteiger partial charge on any atom is 0.307 e. The van der Waals surface area contributed by atoms with Gasteiger partial charge in [-0.1, -0.05) is 36.4 Å². The molecule has 0 bridgehead atoms. The molecule has 3 rings (SSSR count). The predicted octanol–water partition coefficient (Wildman–Crippen LogP) is 2.93. The molecule has 1 saturated heterocycles. The van der Waals surface area contributed by atoms with E-state index in [-0.39, 0.29) is 6.42 Å². The summed E-state index contributed by atoms with van der Waals surface area (Å²) in [6.07, 6.45) is 2.35. The highest BCUT2D eigenvalue weighted by atomic mass is 16.4. The van der Waals surface area contributed by atoms with Gasteiger partial charge in [0.05, 0.1) is 6.42 Å². The van der Waals surface area contributed by atoms with E-state index >= 15 is 0 Å². The van der Waals surface area contributed by atoms with Crippen molar-refractivity contribution in [3.8, 4) is 0 Å². The van der Waals surface area contributed by atoms with Crippen molar-refractivity contribution in [3.05, 3.63) is 47.5 Å². The van der Waals surface area contributed by atoms with Crippen LogP contribution in [0.2, 0.25) is 0 Å². The fraction of sp³-hybridized carbons (Fsp3) is 0.353. The molecule has 3 nitrogen and oxygen atoms in total. The summed E-state index contributed by atoms with van der Waals surface area (Å²) < 4.78 is 0. The van der Waals surface area contributed by atoms with Gasteiger partial charge >= 0.3 is 5.97 Å². The van der Waals surface area contributed by atoms with Gasteiger partial charge in [0.2, 0.25) is 0 Å². The lowest BCUT2D eigenvalue weighted by Gasteiger charge is -2.25. The molecule has 0 aromatic heterocycles. The van der Waals surface area contributed by atoms with E-state index in [1.165, 1.54) is 10.9 Å². The maximum absolute atomic E-state index is 11.0. The number of benzene rings is 2.